The van der Waals surface area contributed by atoms with E-state index < -0.39 is 0 Å². The van der Waals surface area contributed by atoms with Crippen LogP contribution in [0.1, 0.15) is 44.2 Å². The molecule has 1 fully saturated rings. The van der Waals surface area contributed by atoms with Gasteiger partial charge in [0.05, 0.1) is 12.1 Å². The molecule has 0 spiro atoms. The Hall–Kier alpha value is -1.22. The number of guanidine groups is 1. The van der Waals surface area contributed by atoms with Crippen LogP contribution in [0.4, 0.5) is 0 Å². The zero-order chi connectivity index (χ0) is 13.8. The van der Waals surface area contributed by atoms with Gasteiger partial charge in [-0.1, -0.05) is 36.6 Å². The normalized spacial score (nSPS) is 18.6. The number of rotatable bonds is 3. The Labute approximate surface area is 120 Å². The molecule has 1 aliphatic rings. The third-order valence-electron chi connectivity index (χ3n) is 3.93. The molecule has 1 aromatic rings. The van der Waals surface area contributed by atoms with E-state index >= 15 is 0 Å². The summed E-state index contributed by atoms with van der Waals surface area (Å²) < 4.78 is 0. The highest BCUT2D eigenvalue weighted by molar-refractivity contribution is 6.30. The van der Waals surface area contributed by atoms with Crippen LogP contribution in [0.2, 0.25) is 5.02 Å². The summed E-state index contributed by atoms with van der Waals surface area (Å²) in [6.07, 6.45) is 4.89. The summed E-state index contributed by atoms with van der Waals surface area (Å²) in [5.41, 5.74) is 7.31. The summed E-state index contributed by atoms with van der Waals surface area (Å²) in [4.78, 5) is 6.66. The molecule has 2 rings (SSSR count). The molecular formula is C15H22ClN3. The van der Waals surface area contributed by atoms with Crippen molar-refractivity contribution in [2.75, 3.05) is 7.05 Å². The van der Waals surface area contributed by atoms with Crippen LogP contribution in [-0.2, 0) is 0 Å². The number of hydrogen-bond acceptors (Lipinski definition) is 1. The predicted octanol–water partition coefficient (Wildman–Crippen LogP) is 3.59. The molecule has 0 heterocycles. The maximum atomic E-state index is 6.12. The highest BCUT2D eigenvalue weighted by atomic mass is 35.5. The SMILES string of the molecule is CC(c1ccc(Cl)cc1)N(C)C(N)=NC1CCCC1. The zero-order valence-electron chi connectivity index (χ0n) is 11.6. The minimum atomic E-state index is 0.197. The van der Waals surface area contributed by atoms with E-state index in [1.807, 2.05) is 36.2 Å². The monoisotopic (exact) mass is 279 g/mol. The van der Waals surface area contributed by atoms with E-state index in [-0.39, 0.29) is 6.04 Å². The Morgan fingerprint density at radius 1 is 1.32 bits per heavy atom. The van der Waals surface area contributed by atoms with Gasteiger partial charge in [-0.15, -0.1) is 0 Å². The minimum absolute atomic E-state index is 0.197. The van der Waals surface area contributed by atoms with Gasteiger partial charge in [-0.2, -0.15) is 0 Å². The van der Waals surface area contributed by atoms with Crippen LogP contribution in [0.5, 0.6) is 0 Å². The summed E-state index contributed by atoms with van der Waals surface area (Å²) in [7, 11) is 1.99. The fourth-order valence-electron chi connectivity index (χ4n) is 2.47. The van der Waals surface area contributed by atoms with Crippen molar-refractivity contribution in [3.63, 3.8) is 0 Å². The fourth-order valence-corrected chi connectivity index (χ4v) is 2.60. The van der Waals surface area contributed by atoms with Gasteiger partial charge in [0.2, 0.25) is 0 Å². The molecule has 1 unspecified atom stereocenters. The first-order valence-corrected chi connectivity index (χ1v) is 7.27. The predicted molar refractivity (Wildman–Crippen MR) is 81.5 cm³/mol. The fraction of sp³-hybridized carbons (Fsp3) is 0.533. The number of hydrogen-bond donors (Lipinski definition) is 1. The summed E-state index contributed by atoms with van der Waals surface area (Å²) in [6, 6.07) is 8.50. The molecule has 0 aromatic heterocycles. The van der Waals surface area contributed by atoms with Crippen LogP contribution in [0.25, 0.3) is 0 Å². The number of nitrogens with two attached hydrogens (primary N) is 1. The van der Waals surface area contributed by atoms with Crippen molar-refractivity contribution >= 4 is 17.6 Å². The van der Waals surface area contributed by atoms with Crippen molar-refractivity contribution in [1.29, 1.82) is 0 Å². The molecule has 0 saturated heterocycles. The van der Waals surface area contributed by atoms with Crippen molar-refractivity contribution in [1.82, 2.24) is 4.90 Å². The van der Waals surface area contributed by atoms with Crippen molar-refractivity contribution < 1.29 is 0 Å². The Balaban J connectivity index is 2.05. The standard InChI is InChI=1S/C15H22ClN3/c1-11(12-7-9-13(16)10-8-12)19(2)15(17)18-14-5-3-4-6-14/h7-11,14H,3-6H2,1-2H3,(H2,17,18). The van der Waals surface area contributed by atoms with Crippen LogP contribution in [0, 0.1) is 0 Å². The molecule has 0 radical (unpaired) electrons. The number of nitrogens with zero attached hydrogens (tertiary/aromatic N) is 2. The highest BCUT2D eigenvalue weighted by Crippen LogP contribution is 2.23. The molecule has 3 nitrogen and oxygen atoms in total. The Morgan fingerprint density at radius 2 is 1.89 bits per heavy atom. The average molecular weight is 280 g/mol. The van der Waals surface area contributed by atoms with Crippen LogP contribution >= 0.6 is 11.6 Å². The first-order valence-electron chi connectivity index (χ1n) is 6.89. The van der Waals surface area contributed by atoms with Gasteiger partial charge in [0.25, 0.3) is 0 Å². The minimum Gasteiger partial charge on any atom is -0.370 e. The Bertz CT molecular complexity index is 435. The van der Waals surface area contributed by atoms with Gasteiger partial charge >= 0.3 is 0 Å². The van der Waals surface area contributed by atoms with E-state index in [0.29, 0.717) is 12.0 Å². The third kappa shape index (κ3) is 3.63. The van der Waals surface area contributed by atoms with Gasteiger partial charge in [-0.25, -0.2) is 4.99 Å². The van der Waals surface area contributed by atoms with Crippen molar-refractivity contribution in [2.24, 2.45) is 10.7 Å². The van der Waals surface area contributed by atoms with E-state index in [9.17, 15) is 0 Å². The van der Waals surface area contributed by atoms with E-state index in [1.165, 1.54) is 31.2 Å². The molecule has 0 bridgehead atoms. The molecule has 1 saturated carbocycles. The lowest BCUT2D eigenvalue weighted by Crippen LogP contribution is -2.36. The van der Waals surface area contributed by atoms with Crippen molar-refractivity contribution in [3.8, 4) is 0 Å². The zero-order valence-corrected chi connectivity index (χ0v) is 12.4. The van der Waals surface area contributed by atoms with E-state index in [0.717, 1.165) is 5.02 Å². The second kappa shape index (κ2) is 6.29. The Kier molecular flexibility index (Phi) is 4.70. The van der Waals surface area contributed by atoms with Crippen molar-refractivity contribution in [3.05, 3.63) is 34.9 Å². The van der Waals surface area contributed by atoms with E-state index in [1.54, 1.807) is 0 Å². The molecule has 1 aromatic carbocycles. The van der Waals surface area contributed by atoms with Crippen LogP contribution < -0.4 is 5.73 Å². The molecule has 19 heavy (non-hydrogen) atoms. The second-order valence-electron chi connectivity index (χ2n) is 5.26. The summed E-state index contributed by atoms with van der Waals surface area (Å²) in [5.74, 6) is 0.634. The summed E-state index contributed by atoms with van der Waals surface area (Å²) in [5, 5.41) is 0.756. The largest absolute Gasteiger partial charge is 0.370 e. The topological polar surface area (TPSA) is 41.6 Å². The molecule has 4 heteroatoms. The molecule has 2 N–H and O–H groups in total. The molecular weight excluding hydrogens is 258 g/mol. The lowest BCUT2D eigenvalue weighted by molar-refractivity contribution is 0.394. The maximum absolute atomic E-state index is 6.12. The van der Waals surface area contributed by atoms with Gasteiger partial charge in [-0.05, 0) is 37.5 Å². The van der Waals surface area contributed by atoms with Crippen LogP contribution in [0.15, 0.2) is 29.3 Å². The van der Waals surface area contributed by atoms with Gasteiger partial charge in [-0.3, -0.25) is 0 Å². The third-order valence-corrected chi connectivity index (χ3v) is 4.19. The second-order valence-corrected chi connectivity index (χ2v) is 5.70. The summed E-state index contributed by atoms with van der Waals surface area (Å²) in [6.45, 7) is 2.13. The van der Waals surface area contributed by atoms with Gasteiger partial charge in [0.15, 0.2) is 5.96 Å². The molecule has 1 aliphatic carbocycles. The van der Waals surface area contributed by atoms with Crippen molar-refractivity contribution in [2.45, 2.75) is 44.7 Å². The number of aliphatic imine (C=N–C) groups is 1. The number of halogens is 1. The lowest BCUT2D eigenvalue weighted by atomic mass is 10.1. The smallest absolute Gasteiger partial charge is 0.191 e. The summed E-state index contributed by atoms with van der Waals surface area (Å²) >= 11 is 5.91. The van der Waals surface area contributed by atoms with Crippen LogP contribution in [0.3, 0.4) is 0 Å². The maximum Gasteiger partial charge on any atom is 0.191 e. The molecule has 0 aliphatic heterocycles. The van der Waals surface area contributed by atoms with Gasteiger partial charge in [0, 0.05) is 12.1 Å². The van der Waals surface area contributed by atoms with Gasteiger partial charge < -0.3 is 10.6 Å². The van der Waals surface area contributed by atoms with Crippen LogP contribution in [-0.4, -0.2) is 23.9 Å². The van der Waals surface area contributed by atoms with E-state index in [2.05, 4.69) is 11.9 Å². The Morgan fingerprint density at radius 3 is 2.47 bits per heavy atom. The number of benzene rings is 1. The van der Waals surface area contributed by atoms with Gasteiger partial charge in [0.1, 0.15) is 0 Å². The molecule has 0 amide bonds. The quantitative estimate of drug-likeness (QED) is 0.679. The lowest BCUT2D eigenvalue weighted by Gasteiger charge is -2.27. The molecule has 104 valence electrons. The highest BCUT2D eigenvalue weighted by Gasteiger charge is 2.18. The first-order chi connectivity index (χ1) is 9.08. The first kappa shape index (κ1) is 14.2. The van der Waals surface area contributed by atoms with E-state index in [4.69, 9.17) is 17.3 Å². The average Bonchev–Trinajstić information content (AvgIpc) is 2.90. The molecule has 1 atom stereocenters.